The van der Waals surface area contributed by atoms with Gasteiger partial charge in [-0.25, -0.2) is 9.97 Å². The Morgan fingerprint density at radius 1 is 1.19 bits per heavy atom. The maximum atomic E-state index is 12.6. The molecule has 0 bridgehead atoms. The fourth-order valence-electron chi connectivity index (χ4n) is 3.12. The molecule has 3 aromatic rings. The first-order chi connectivity index (χ1) is 13.2. The maximum absolute atomic E-state index is 12.6. The van der Waals surface area contributed by atoms with E-state index in [1.807, 2.05) is 17.5 Å². The molecular formula is C19H18IN5OS. The molecule has 2 aromatic heterocycles. The van der Waals surface area contributed by atoms with E-state index in [-0.39, 0.29) is 11.8 Å². The number of hydrogen-bond donors (Lipinski definition) is 1. The van der Waals surface area contributed by atoms with Crippen molar-refractivity contribution in [2.75, 3.05) is 23.3 Å². The highest BCUT2D eigenvalue weighted by atomic mass is 127. The summed E-state index contributed by atoms with van der Waals surface area (Å²) in [5, 5.41) is 5.63. The monoisotopic (exact) mass is 491 g/mol. The number of piperidine rings is 1. The number of benzene rings is 1. The van der Waals surface area contributed by atoms with Crippen molar-refractivity contribution < 1.29 is 4.79 Å². The molecule has 6 nitrogen and oxygen atoms in total. The first kappa shape index (κ1) is 18.3. The second kappa shape index (κ2) is 8.30. The second-order valence-corrected chi connectivity index (χ2v) is 8.46. The number of nitrogens with zero attached hydrogens (tertiary/aromatic N) is 4. The normalized spacial score (nSPS) is 14.9. The van der Waals surface area contributed by atoms with E-state index in [0.717, 1.165) is 43.0 Å². The number of amides is 1. The number of anilines is 2. The Labute approximate surface area is 175 Å². The van der Waals surface area contributed by atoms with E-state index < -0.39 is 0 Å². The smallest absolute Gasteiger partial charge is 0.229 e. The van der Waals surface area contributed by atoms with Gasteiger partial charge in [0.2, 0.25) is 5.91 Å². The average Bonchev–Trinajstić information content (AvgIpc) is 3.18. The number of hydrogen-bond acceptors (Lipinski definition) is 6. The van der Waals surface area contributed by atoms with Crippen LogP contribution in [0.3, 0.4) is 0 Å². The molecule has 0 saturated carbocycles. The summed E-state index contributed by atoms with van der Waals surface area (Å²) in [6.45, 7) is 1.62. The number of rotatable bonds is 4. The molecular weight excluding hydrogens is 473 g/mol. The van der Waals surface area contributed by atoms with Gasteiger partial charge in [0.25, 0.3) is 0 Å². The molecule has 8 heteroatoms. The van der Waals surface area contributed by atoms with Crippen LogP contribution < -0.4 is 10.2 Å². The first-order valence-electron chi connectivity index (χ1n) is 8.72. The van der Waals surface area contributed by atoms with E-state index in [0.29, 0.717) is 5.13 Å². The van der Waals surface area contributed by atoms with Gasteiger partial charge in [0.1, 0.15) is 5.82 Å². The van der Waals surface area contributed by atoms with Gasteiger partial charge in [-0.3, -0.25) is 9.78 Å². The van der Waals surface area contributed by atoms with Gasteiger partial charge in [0.15, 0.2) is 5.13 Å². The molecule has 138 valence electrons. The van der Waals surface area contributed by atoms with E-state index in [1.54, 1.807) is 18.6 Å². The Hall–Kier alpha value is -2.07. The highest BCUT2D eigenvalue weighted by molar-refractivity contribution is 14.1. The lowest BCUT2D eigenvalue weighted by Gasteiger charge is -2.31. The summed E-state index contributed by atoms with van der Waals surface area (Å²) in [5.41, 5.74) is 1.95. The van der Waals surface area contributed by atoms with E-state index in [2.05, 4.69) is 59.9 Å². The van der Waals surface area contributed by atoms with E-state index in [4.69, 9.17) is 0 Å². The molecule has 1 fully saturated rings. The first-order valence-corrected chi connectivity index (χ1v) is 10.7. The molecule has 1 saturated heterocycles. The minimum Gasteiger partial charge on any atom is -0.355 e. The number of carbonyl (C=O) groups excluding carboxylic acids is 1. The predicted octanol–water partition coefficient (Wildman–Crippen LogP) is 4.06. The van der Waals surface area contributed by atoms with Gasteiger partial charge >= 0.3 is 0 Å². The van der Waals surface area contributed by atoms with Gasteiger partial charge in [-0.1, -0.05) is 12.1 Å². The highest BCUT2D eigenvalue weighted by Crippen LogP contribution is 2.27. The molecule has 1 N–H and O–H groups in total. The zero-order chi connectivity index (χ0) is 18.6. The number of thiazole rings is 1. The van der Waals surface area contributed by atoms with Gasteiger partial charge in [-0.2, -0.15) is 0 Å². The lowest BCUT2D eigenvalue weighted by Crippen LogP contribution is -2.38. The third kappa shape index (κ3) is 4.44. The van der Waals surface area contributed by atoms with Crippen molar-refractivity contribution in [3.8, 4) is 11.3 Å². The quantitative estimate of drug-likeness (QED) is 0.558. The number of aromatic nitrogens is 3. The Morgan fingerprint density at radius 2 is 1.96 bits per heavy atom. The van der Waals surface area contributed by atoms with Crippen LogP contribution in [0.1, 0.15) is 12.8 Å². The molecule has 1 aromatic carbocycles. The van der Waals surface area contributed by atoms with Crippen LogP contribution in [0, 0.1) is 9.49 Å². The Balaban J connectivity index is 1.34. The van der Waals surface area contributed by atoms with Gasteiger partial charge in [0, 0.05) is 45.9 Å². The zero-order valence-corrected chi connectivity index (χ0v) is 17.5. The largest absolute Gasteiger partial charge is 0.355 e. The molecule has 0 radical (unpaired) electrons. The van der Waals surface area contributed by atoms with Gasteiger partial charge in [-0.15, -0.1) is 11.3 Å². The van der Waals surface area contributed by atoms with Crippen LogP contribution in [0.5, 0.6) is 0 Å². The Kier molecular flexibility index (Phi) is 5.63. The summed E-state index contributed by atoms with van der Waals surface area (Å²) >= 11 is 3.75. The van der Waals surface area contributed by atoms with Crippen molar-refractivity contribution in [1.29, 1.82) is 0 Å². The molecule has 3 heterocycles. The summed E-state index contributed by atoms with van der Waals surface area (Å²) in [4.78, 5) is 27.8. The summed E-state index contributed by atoms with van der Waals surface area (Å²) in [5.74, 6) is 0.930. The lowest BCUT2D eigenvalue weighted by atomic mass is 9.96. The molecule has 1 amide bonds. The van der Waals surface area contributed by atoms with E-state index in [9.17, 15) is 4.79 Å². The number of halogens is 1. The van der Waals surface area contributed by atoms with Crippen LogP contribution in [-0.2, 0) is 4.79 Å². The third-order valence-corrected chi connectivity index (χ3v) is 6.09. The molecule has 0 spiro atoms. The van der Waals surface area contributed by atoms with Crippen molar-refractivity contribution in [2.45, 2.75) is 12.8 Å². The molecule has 0 atom stereocenters. The fourth-order valence-corrected chi connectivity index (χ4v) is 4.20. The Bertz CT molecular complexity index is 907. The standard InChI is InChI=1S/C19H18IN5OS/c20-15-3-1-13(2-4-15)16-12-27-19(23-16)24-18(26)14-5-9-25(10-6-14)17-11-21-7-8-22-17/h1-4,7-8,11-12,14H,5-6,9-10H2,(H,23,24,26). The number of carbonyl (C=O) groups is 1. The molecule has 0 unspecified atom stereocenters. The molecule has 0 aliphatic carbocycles. The van der Waals surface area contributed by atoms with Gasteiger partial charge < -0.3 is 10.2 Å². The summed E-state index contributed by atoms with van der Waals surface area (Å²) in [7, 11) is 0. The van der Waals surface area contributed by atoms with E-state index in [1.165, 1.54) is 14.9 Å². The SMILES string of the molecule is O=C(Nc1nc(-c2ccc(I)cc2)cs1)C1CCN(c2cnccn2)CC1. The highest BCUT2D eigenvalue weighted by Gasteiger charge is 2.26. The molecule has 4 rings (SSSR count). The van der Waals surface area contributed by atoms with Crippen molar-refractivity contribution in [1.82, 2.24) is 15.0 Å². The number of nitrogens with one attached hydrogen (secondary N) is 1. The summed E-state index contributed by atoms with van der Waals surface area (Å²) in [6.07, 6.45) is 6.74. The lowest BCUT2D eigenvalue weighted by molar-refractivity contribution is -0.120. The van der Waals surface area contributed by atoms with Crippen LogP contribution in [0.4, 0.5) is 10.9 Å². The van der Waals surface area contributed by atoms with Crippen LogP contribution in [0.2, 0.25) is 0 Å². The summed E-state index contributed by atoms with van der Waals surface area (Å²) < 4.78 is 1.19. The molecule has 1 aliphatic heterocycles. The maximum Gasteiger partial charge on any atom is 0.229 e. The second-order valence-electron chi connectivity index (χ2n) is 6.36. The molecule has 1 aliphatic rings. The minimum absolute atomic E-state index is 0.00331. The zero-order valence-electron chi connectivity index (χ0n) is 14.5. The minimum atomic E-state index is 0.00331. The predicted molar refractivity (Wildman–Crippen MR) is 116 cm³/mol. The summed E-state index contributed by atoms with van der Waals surface area (Å²) in [6, 6.07) is 8.20. The molecule has 27 heavy (non-hydrogen) atoms. The van der Waals surface area contributed by atoms with E-state index >= 15 is 0 Å². The third-order valence-electron chi connectivity index (χ3n) is 4.61. The Morgan fingerprint density at radius 3 is 2.67 bits per heavy atom. The van der Waals surface area contributed by atoms with Crippen molar-refractivity contribution >= 4 is 50.8 Å². The van der Waals surface area contributed by atoms with Crippen molar-refractivity contribution in [2.24, 2.45) is 5.92 Å². The van der Waals surface area contributed by atoms with Crippen molar-refractivity contribution in [3.63, 3.8) is 0 Å². The van der Waals surface area contributed by atoms with Crippen LogP contribution in [-0.4, -0.2) is 33.9 Å². The fraction of sp³-hybridized carbons (Fsp3) is 0.263. The van der Waals surface area contributed by atoms with Crippen LogP contribution >= 0.6 is 33.9 Å². The van der Waals surface area contributed by atoms with Gasteiger partial charge in [-0.05, 0) is 47.6 Å². The van der Waals surface area contributed by atoms with Crippen molar-refractivity contribution in [3.05, 3.63) is 51.8 Å². The average molecular weight is 491 g/mol. The van der Waals surface area contributed by atoms with Crippen LogP contribution in [0.15, 0.2) is 48.2 Å². The topological polar surface area (TPSA) is 71.0 Å². The van der Waals surface area contributed by atoms with Crippen LogP contribution in [0.25, 0.3) is 11.3 Å². The van der Waals surface area contributed by atoms with Gasteiger partial charge in [0.05, 0.1) is 11.9 Å².